The lowest BCUT2D eigenvalue weighted by Crippen LogP contribution is -2.13. The van der Waals surface area contributed by atoms with Gasteiger partial charge in [-0.05, 0) is 23.7 Å². The van der Waals surface area contributed by atoms with Crippen molar-refractivity contribution in [3.8, 4) is 0 Å². The van der Waals surface area contributed by atoms with Crippen LogP contribution in [0.15, 0.2) is 18.2 Å². The molecule has 1 heterocycles. The smallest absolute Gasteiger partial charge is 0.256 e. The topological polar surface area (TPSA) is 80.9 Å². The summed E-state index contributed by atoms with van der Waals surface area (Å²) in [5.41, 5.74) is 6.06. The van der Waals surface area contributed by atoms with Crippen molar-refractivity contribution in [2.75, 3.05) is 11.1 Å². The number of carbonyl (C=O) groups is 1. The van der Waals surface area contributed by atoms with Crippen LogP contribution in [0.3, 0.4) is 0 Å². The average molecular weight is 352 g/mol. The number of amides is 1. The summed E-state index contributed by atoms with van der Waals surface area (Å²) >= 11 is 23.0. The zero-order valence-corrected chi connectivity index (χ0v) is 12.6. The van der Waals surface area contributed by atoms with Crippen LogP contribution in [0.4, 0.5) is 11.5 Å². The molecule has 3 N–H and O–H groups in total. The molecule has 9 heteroatoms. The Balaban J connectivity index is 2.28. The maximum absolute atomic E-state index is 12.0. The fourth-order valence-corrected chi connectivity index (χ4v) is 2.13. The van der Waals surface area contributed by atoms with E-state index in [1.54, 1.807) is 0 Å². The third-order valence-electron chi connectivity index (χ3n) is 2.23. The molecule has 0 bridgehead atoms. The highest BCUT2D eigenvalue weighted by molar-refractivity contribution is 6.44. The Morgan fingerprint density at radius 3 is 2.40 bits per heavy atom. The predicted octanol–water partition coefficient (Wildman–Crippen LogP) is 3.92. The Labute approximate surface area is 134 Å². The van der Waals surface area contributed by atoms with Crippen LogP contribution >= 0.6 is 46.4 Å². The summed E-state index contributed by atoms with van der Waals surface area (Å²) in [6.45, 7) is 0. The molecule has 0 fully saturated rings. The van der Waals surface area contributed by atoms with Gasteiger partial charge in [0.05, 0.1) is 15.7 Å². The molecule has 0 spiro atoms. The normalized spacial score (nSPS) is 10.4. The molecule has 2 aromatic rings. The van der Waals surface area contributed by atoms with Gasteiger partial charge in [-0.3, -0.25) is 4.79 Å². The molecule has 0 aliphatic heterocycles. The molecule has 1 amide bonds. The number of aromatic nitrogens is 2. The van der Waals surface area contributed by atoms with Gasteiger partial charge in [-0.15, -0.1) is 0 Å². The number of anilines is 2. The van der Waals surface area contributed by atoms with Gasteiger partial charge in [-0.2, -0.15) is 0 Å². The molecule has 104 valence electrons. The molecule has 0 atom stereocenters. The minimum Gasteiger partial charge on any atom is -0.397 e. The molecule has 0 radical (unpaired) electrons. The molecular formula is C11H6Cl4N4O. The summed E-state index contributed by atoms with van der Waals surface area (Å²) in [6.07, 6.45) is 0. The Hall–Kier alpha value is -1.27. The van der Waals surface area contributed by atoms with Crippen LogP contribution in [0.2, 0.25) is 20.5 Å². The van der Waals surface area contributed by atoms with Crippen molar-refractivity contribution < 1.29 is 4.79 Å². The first kappa shape index (κ1) is 15.1. The Kier molecular flexibility index (Phi) is 4.55. The van der Waals surface area contributed by atoms with Gasteiger partial charge in [0.1, 0.15) is 11.0 Å². The minimum absolute atomic E-state index is 0.0820. The van der Waals surface area contributed by atoms with E-state index < -0.39 is 5.91 Å². The molecule has 5 nitrogen and oxygen atoms in total. The predicted molar refractivity (Wildman–Crippen MR) is 80.9 cm³/mol. The summed E-state index contributed by atoms with van der Waals surface area (Å²) < 4.78 is 0. The quantitative estimate of drug-likeness (QED) is 0.488. The largest absolute Gasteiger partial charge is 0.397 e. The average Bonchev–Trinajstić information content (AvgIpc) is 2.33. The van der Waals surface area contributed by atoms with E-state index in [1.807, 2.05) is 0 Å². The summed E-state index contributed by atoms with van der Waals surface area (Å²) in [5.74, 6) is -0.328. The van der Waals surface area contributed by atoms with Gasteiger partial charge in [-0.1, -0.05) is 34.8 Å². The van der Waals surface area contributed by atoms with Crippen molar-refractivity contribution >= 4 is 63.8 Å². The second kappa shape index (κ2) is 6.01. The Morgan fingerprint density at radius 2 is 1.80 bits per heavy atom. The van der Waals surface area contributed by atoms with Gasteiger partial charge in [0.15, 0.2) is 0 Å². The van der Waals surface area contributed by atoms with E-state index in [1.165, 1.54) is 18.2 Å². The van der Waals surface area contributed by atoms with E-state index in [-0.39, 0.29) is 37.6 Å². The van der Waals surface area contributed by atoms with Crippen LogP contribution in [0.25, 0.3) is 0 Å². The number of nitrogens with one attached hydrogen (secondary N) is 1. The van der Waals surface area contributed by atoms with Crippen molar-refractivity contribution in [3.63, 3.8) is 0 Å². The third-order valence-corrected chi connectivity index (χ3v) is 3.41. The molecule has 0 saturated heterocycles. The van der Waals surface area contributed by atoms with Crippen LogP contribution in [0.5, 0.6) is 0 Å². The van der Waals surface area contributed by atoms with Crippen molar-refractivity contribution in [2.24, 2.45) is 0 Å². The zero-order chi connectivity index (χ0) is 14.9. The highest BCUT2D eigenvalue weighted by Gasteiger charge is 2.13. The van der Waals surface area contributed by atoms with Gasteiger partial charge in [0, 0.05) is 11.6 Å². The van der Waals surface area contributed by atoms with Crippen molar-refractivity contribution in [1.29, 1.82) is 0 Å². The molecular weight excluding hydrogens is 346 g/mol. The van der Waals surface area contributed by atoms with Crippen LogP contribution in [-0.4, -0.2) is 15.9 Å². The number of benzene rings is 1. The number of nitrogen functional groups attached to an aromatic ring is 1. The van der Waals surface area contributed by atoms with Crippen LogP contribution in [-0.2, 0) is 0 Å². The number of hydrogen-bond acceptors (Lipinski definition) is 4. The second-order valence-corrected chi connectivity index (χ2v) is 5.17. The van der Waals surface area contributed by atoms with Gasteiger partial charge >= 0.3 is 0 Å². The highest BCUT2D eigenvalue weighted by atomic mass is 35.5. The molecule has 0 aliphatic rings. The lowest BCUT2D eigenvalue weighted by Gasteiger charge is -2.07. The van der Waals surface area contributed by atoms with Crippen molar-refractivity contribution in [2.45, 2.75) is 0 Å². The molecule has 0 unspecified atom stereocenters. The Morgan fingerprint density at radius 1 is 1.10 bits per heavy atom. The number of nitrogens with two attached hydrogens (primary N) is 1. The monoisotopic (exact) mass is 350 g/mol. The summed E-state index contributed by atoms with van der Waals surface area (Å²) in [6, 6.07) is 4.14. The van der Waals surface area contributed by atoms with Crippen molar-refractivity contribution in [1.82, 2.24) is 9.97 Å². The molecule has 2 rings (SSSR count). The van der Waals surface area contributed by atoms with E-state index in [0.29, 0.717) is 0 Å². The molecule has 0 aliphatic carbocycles. The van der Waals surface area contributed by atoms with Crippen LogP contribution < -0.4 is 11.1 Å². The first-order valence-electron chi connectivity index (χ1n) is 5.13. The molecule has 1 aromatic heterocycles. The minimum atomic E-state index is -0.485. The number of halogens is 4. The first-order valence-corrected chi connectivity index (χ1v) is 6.64. The standard InChI is InChI=1S/C11H6Cl4N4O/c12-5-1-4(2-6(16)9(5)14)10(20)18-8-3-7(13)17-11(15)19-8/h1-3H,16H2,(H,17,18,19,20). The fraction of sp³-hybridized carbons (Fsp3) is 0. The Bertz CT molecular complexity index is 649. The van der Waals surface area contributed by atoms with E-state index in [0.717, 1.165) is 0 Å². The summed E-state index contributed by atoms with van der Waals surface area (Å²) in [4.78, 5) is 19.5. The van der Waals surface area contributed by atoms with Crippen molar-refractivity contribution in [3.05, 3.63) is 44.2 Å². The van der Waals surface area contributed by atoms with E-state index in [2.05, 4.69) is 15.3 Å². The van der Waals surface area contributed by atoms with Gasteiger partial charge in [0.2, 0.25) is 5.28 Å². The maximum atomic E-state index is 12.0. The number of carbonyl (C=O) groups excluding carboxylic acids is 1. The number of rotatable bonds is 2. The molecule has 20 heavy (non-hydrogen) atoms. The van der Waals surface area contributed by atoms with E-state index >= 15 is 0 Å². The van der Waals surface area contributed by atoms with Gasteiger partial charge in [-0.25, -0.2) is 9.97 Å². The number of nitrogens with zero attached hydrogens (tertiary/aromatic N) is 2. The maximum Gasteiger partial charge on any atom is 0.256 e. The molecule has 1 aromatic carbocycles. The van der Waals surface area contributed by atoms with Gasteiger partial charge < -0.3 is 11.1 Å². The van der Waals surface area contributed by atoms with E-state index in [9.17, 15) is 4.79 Å². The second-order valence-electron chi connectivity index (χ2n) is 3.66. The fourth-order valence-electron chi connectivity index (χ4n) is 1.38. The van der Waals surface area contributed by atoms with Gasteiger partial charge in [0.25, 0.3) is 5.91 Å². The van der Waals surface area contributed by atoms with E-state index in [4.69, 9.17) is 52.1 Å². The van der Waals surface area contributed by atoms with Crippen LogP contribution in [0, 0.1) is 0 Å². The zero-order valence-electron chi connectivity index (χ0n) is 9.62. The number of hydrogen-bond donors (Lipinski definition) is 2. The summed E-state index contributed by atoms with van der Waals surface area (Å²) in [5, 5.41) is 2.89. The van der Waals surface area contributed by atoms with Crippen LogP contribution in [0.1, 0.15) is 10.4 Å². The highest BCUT2D eigenvalue weighted by Crippen LogP contribution is 2.29. The first-order chi connectivity index (χ1) is 9.36. The lowest BCUT2D eigenvalue weighted by atomic mass is 10.2. The summed E-state index contributed by atoms with van der Waals surface area (Å²) in [7, 11) is 0. The third kappa shape index (κ3) is 3.43. The SMILES string of the molecule is Nc1cc(C(=O)Nc2cc(Cl)nc(Cl)n2)cc(Cl)c1Cl. The lowest BCUT2D eigenvalue weighted by molar-refractivity contribution is 0.102. The molecule has 0 saturated carbocycles.